The van der Waals surface area contributed by atoms with Crippen LogP contribution < -0.4 is 4.90 Å². The first-order chi connectivity index (χ1) is 15.0. The number of anilines is 1. The van der Waals surface area contributed by atoms with E-state index in [2.05, 4.69) is 31.4 Å². The molecule has 1 aliphatic rings. The number of hydrogen-bond donors (Lipinski definition) is 1. The van der Waals surface area contributed by atoms with Crippen LogP contribution in [-0.4, -0.2) is 43.0 Å². The maximum absolute atomic E-state index is 15.6. The number of rotatable bonds is 3. The van der Waals surface area contributed by atoms with Crippen LogP contribution in [0.25, 0.3) is 22.2 Å². The Morgan fingerprint density at radius 2 is 2.03 bits per heavy atom. The Kier molecular flexibility index (Phi) is 4.59. The SMILES string of the molecule is Cn1cnnc1C1(F)CCN(c2c(C#N)cc(Cl)cc2-c2cnc3[nH]ncc3c2)CC1. The van der Waals surface area contributed by atoms with Gasteiger partial charge in [0.2, 0.25) is 0 Å². The Morgan fingerprint density at radius 3 is 2.74 bits per heavy atom. The highest BCUT2D eigenvalue weighted by atomic mass is 35.5. The molecule has 1 aromatic carbocycles. The Hall–Kier alpha value is -3.51. The second kappa shape index (κ2) is 7.32. The van der Waals surface area contributed by atoms with Gasteiger partial charge >= 0.3 is 0 Å². The van der Waals surface area contributed by atoms with Crippen LogP contribution in [0.3, 0.4) is 0 Å². The van der Waals surface area contributed by atoms with Crippen molar-refractivity contribution in [1.82, 2.24) is 29.9 Å². The molecule has 0 amide bonds. The molecular weight excluding hydrogens is 419 g/mol. The number of halogens is 2. The van der Waals surface area contributed by atoms with Crippen LogP contribution in [0.1, 0.15) is 24.2 Å². The van der Waals surface area contributed by atoms with E-state index in [4.69, 9.17) is 11.6 Å². The van der Waals surface area contributed by atoms with Gasteiger partial charge in [0.05, 0.1) is 17.4 Å². The molecule has 1 saturated heterocycles. The summed E-state index contributed by atoms with van der Waals surface area (Å²) < 4.78 is 17.3. The van der Waals surface area contributed by atoms with Gasteiger partial charge in [0.15, 0.2) is 17.1 Å². The molecule has 4 heterocycles. The molecule has 31 heavy (non-hydrogen) atoms. The van der Waals surface area contributed by atoms with Gasteiger partial charge in [-0.3, -0.25) is 5.10 Å². The molecule has 5 rings (SSSR count). The predicted octanol–water partition coefficient (Wildman–Crippen LogP) is 3.74. The highest BCUT2D eigenvalue weighted by Gasteiger charge is 2.41. The maximum Gasteiger partial charge on any atom is 0.173 e. The summed E-state index contributed by atoms with van der Waals surface area (Å²) in [6.45, 7) is 0.849. The normalized spacial score (nSPS) is 15.9. The van der Waals surface area contributed by atoms with Crippen molar-refractivity contribution in [1.29, 1.82) is 5.26 Å². The first-order valence-electron chi connectivity index (χ1n) is 9.80. The maximum atomic E-state index is 15.6. The minimum Gasteiger partial charge on any atom is -0.370 e. The molecule has 0 unspecified atom stereocenters. The first-order valence-corrected chi connectivity index (χ1v) is 10.2. The van der Waals surface area contributed by atoms with E-state index in [9.17, 15) is 5.26 Å². The number of nitrogens with zero attached hydrogens (tertiary/aromatic N) is 7. The summed E-state index contributed by atoms with van der Waals surface area (Å²) in [5, 5.41) is 25.8. The van der Waals surface area contributed by atoms with E-state index in [1.54, 1.807) is 30.1 Å². The average Bonchev–Trinajstić information content (AvgIpc) is 3.42. The van der Waals surface area contributed by atoms with E-state index in [1.807, 2.05) is 17.0 Å². The van der Waals surface area contributed by atoms with Gasteiger partial charge in [-0.15, -0.1) is 10.2 Å². The van der Waals surface area contributed by atoms with Gasteiger partial charge in [0.1, 0.15) is 12.4 Å². The smallest absolute Gasteiger partial charge is 0.173 e. The topological polar surface area (TPSA) is 99.3 Å². The van der Waals surface area contributed by atoms with E-state index < -0.39 is 5.67 Å². The van der Waals surface area contributed by atoms with Crippen molar-refractivity contribution in [2.24, 2.45) is 7.05 Å². The largest absolute Gasteiger partial charge is 0.370 e. The molecular formula is C21H18ClFN8. The number of alkyl halides is 1. The minimum atomic E-state index is -1.56. The quantitative estimate of drug-likeness (QED) is 0.525. The van der Waals surface area contributed by atoms with Gasteiger partial charge < -0.3 is 9.47 Å². The molecule has 0 spiro atoms. The molecule has 0 radical (unpaired) electrons. The van der Waals surface area contributed by atoms with Gasteiger partial charge in [-0.2, -0.15) is 10.4 Å². The molecule has 4 aromatic rings. The number of fused-ring (bicyclic) bond motifs is 1. The lowest BCUT2D eigenvalue weighted by Gasteiger charge is -2.38. The van der Waals surface area contributed by atoms with Crippen LogP contribution >= 0.6 is 11.6 Å². The Morgan fingerprint density at radius 1 is 1.23 bits per heavy atom. The zero-order valence-corrected chi connectivity index (χ0v) is 17.4. The number of aryl methyl sites for hydroxylation is 1. The number of aromatic amines is 1. The van der Waals surface area contributed by atoms with E-state index in [1.165, 1.54) is 6.33 Å². The van der Waals surface area contributed by atoms with Gasteiger partial charge in [-0.1, -0.05) is 11.6 Å². The zero-order valence-electron chi connectivity index (χ0n) is 16.7. The highest BCUT2D eigenvalue weighted by molar-refractivity contribution is 6.31. The number of H-pyrrole nitrogens is 1. The van der Waals surface area contributed by atoms with E-state index >= 15 is 4.39 Å². The molecule has 10 heteroatoms. The van der Waals surface area contributed by atoms with Gasteiger partial charge in [0, 0.05) is 60.7 Å². The summed E-state index contributed by atoms with van der Waals surface area (Å²) in [5.74, 6) is 0.332. The lowest BCUT2D eigenvalue weighted by atomic mass is 9.90. The second-order valence-electron chi connectivity index (χ2n) is 7.71. The summed E-state index contributed by atoms with van der Waals surface area (Å²) in [6, 6.07) is 7.66. The Bertz CT molecular complexity index is 1310. The van der Waals surface area contributed by atoms with Crippen LogP contribution in [0.15, 0.2) is 36.9 Å². The Balaban J connectivity index is 1.55. The predicted molar refractivity (Wildman–Crippen MR) is 114 cm³/mol. The van der Waals surface area contributed by atoms with Crippen LogP contribution in [0, 0.1) is 11.3 Å². The van der Waals surface area contributed by atoms with Crippen molar-refractivity contribution >= 4 is 28.3 Å². The second-order valence-corrected chi connectivity index (χ2v) is 8.15. The molecule has 156 valence electrons. The number of benzene rings is 1. The summed E-state index contributed by atoms with van der Waals surface area (Å²) >= 11 is 6.33. The summed E-state index contributed by atoms with van der Waals surface area (Å²) in [5.41, 5.74) is 1.89. The molecule has 1 fully saturated rings. The zero-order chi connectivity index (χ0) is 21.6. The van der Waals surface area contributed by atoms with Gasteiger partial charge in [-0.05, 0) is 18.2 Å². The molecule has 0 atom stereocenters. The number of hydrogen-bond acceptors (Lipinski definition) is 6. The van der Waals surface area contributed by atoms with E-state index in [-0.39, 0.29) is 12.8 Å². The van der Waals surface area contributed by atoms with Crippen molar-refractivity contribution in [3.63, 3.8) is 0 Å². The van der Waals surface area contributed by atoms with Crippen LogP contribution in [0.5, 0.6) is 0 Å². The van der Waals surface area contributed by atoms with Crippen LogP contribution in [0.2, 0.25) is 5.02 Å². The first kappa shape index (κ1) is 19.5. The summed E-state index contributed by atoms with van der Waals surface area (Å²) in [6.07, 6.45) is 5.41. The highest BCUT2D eigenvalue weighted by Crippen LogP contribution is 2.42. The molecule has 8 nitrogen and oxygen atoms in total. The van der Waals surface area contributed by atoms with E-state index in [0.717, 1.165) is 22.2 Å². The number of aromatic nitrogens is 6. The van der Waals surface area contributed by atoms with Gasteiger partial charge in [0.25, 0.3) is 0 Å². The van der Waals surface area contributed by atoms with Crippen molar-refractivity contribution in [3.05, 3.63) is 53.3 Å². The van der Waals surface area contributed by atoms with E-state index in [0.29, 0.717) is 35.1 Å². The molecule has 1 aliphatic heterocycles. The number of pyridine rings is 1. The molecule has 0 bridgehead atoms. The van der Waals surface area contributed by atoms with Crippen molar-refractivity contribution < 1.29 is 4.39 Å². The fraction of sp³-hybridized carbons (Fsp3) is 0.286. The summed E-state index contributed by atoms with van der Waals surface area (Å²) in [4.78, 5) is 6.45. The third-order valence-electron chi connectivity index (χ3n) is 5.78. The molecule has 1 N–H and O–H groups in total. The number of nitrogens with one attached hydrogen (secondary N) is 1. The van der Waals surface area contributed by atoms with Gasteiger partial charge in [-0.25, -0.2) is 9.37 Å². The Labute approximate surface area is 182 Å². The minimum absolute atomic E-state index is 0.242. The lowest BCUT2D eigenvalue weighted by molar-refractivity contribution is 0.109. The standard InChI is InChI=1S/C21H18ClFN8/c1-30-12-27-29-20(30)21(23)2-4-31(5-3-21)18-13(9-24)7-16(22)8-17(18)14-6-15-11-26-28-19(15)25-10-14/h6-8,10-12H,2-5H2,1H3,(H,25,26,28). The number of nitriles is 1. The molecule has 0 aliphatic carbocycles. The summed E-state index contributed by atoms with van der Waals surface area (Å²) in [7, 11) is 1.74. The fourth-order valence-electron chi connectivity index (χ4n) is 4.23. The molecule has 3 aromatic heterocycles. The van der Waals surface area contributed by atoms with Crippen LogP contribution in [-0.2, 0) is 12.7 Å². The third-order valence-corrected chi connectivity index (χ3v) is 6.00. The third kappa shape index (κ3) is 3.29. The van der Waals surface area contributed by atoms with Crippen molar-refractivity contribution in [2.75, 3.05) is 18.0 Å². The van der Waals surface area contributed by atoms with Crippen molar-refractivity contribution in [2.45, 2.75) is 18.5 Å². The number of piperidine rings is 1. The fourth-order valence-corrected chi connectivity index (χ4v) is 4.44. The lowest BCUT2D eigenvalue weighted by Crippen LogP contribution is -2.42. The molecule has 0 saturated carbocycles. The average molecular weight is 437 g/mol. The van der Waals surface area contributed by atoms with Crippen molar-refractivity contribution in [3.8, 4) is 17.2 Å². The van der Waals surface area contributed by atoms with Crippen LogP contribution in [0.4, 0.5) is 10.1 Å². The monoisotopic (exact) mass is 436 g/mol.